The first-order chi connectivity index (χ1) is 8.16. The topological polar surface area (TPSA) is 55.1 Å². The van der Waals surface area contributed by atoms with Crippen molar-refractivity contribution in [3.8, 4) is 5.75 Å². The van der Waals surface area contributed by atoms with Crippen LogP contribution in [0.15, 0.2) is 41.8 Å². The zero-order chi connectivity index (χ0) is 12.3. The molecular formula is C12H12N2O2S. The summed E-state index contributed by atoms with van der Waals surface area (Å²) in [7, 11) is 1.89. The largest absolute Gasteiger partial charge is 0.508 e. The van der Waals surface area contributed by atoms with E-state index >= 15 is 0 Å². The Hall–Kier alpha value is -1.75. The van der Waals surface area contributed by atoms with Gasteiger partial charge in [0.1, 0.15) is 5.75 Å². The summed E-state index contributed by atoms with van der Waals surface area (Å²) >= 11 is 1.40. The summed E-state index contributed by atoms with van der Waals surface area (Å²) < 4.78 is 1.87. The van der Waals surface area contributed by atoms with Crippen LogP contribution in [-0.4, -0.2) is 26.2 Å². The Labute approximate surface area is 103 Å². The summed E-state index contributed by atoms with van der Waals surface area (Å²) in [6, 6.07) is 6.27. The smallest absolute Gasteiger partial charge is 0.173 e. The van der Waals surface area contributed by atoms with Gasteiger partial charge >= 0.3 is 0 Å². The van der Waals surface area contributed by atoms with Gasteiger partial charge in [-0.2, -0.15) is 0 Å². The Kier molecular flexibility index (Phi) is 3.49. The molecule has 0 fully saturated rings. The molecule has 0 radical (unpaired) electrons. The van der Waals surface area contributed by atoms with Gasteiger partial charge < -0.3 is 9.67 Å². The van der Waals surface area contributed by atoms with E-state index in [1.807, 2.05) is 17.8 Å². The van der Waals surface area contributed by atoms with Crippen LogP contribution >= 0.6 is 11.8 Å². The molecule has 1 aromatic carbocycles. The maximum atomic E-state index is 11.8. The fourth-order valence-electron chi connectivity index (χ4n) is 1.35. The number of aromatic nitrogens is 2. The molecule has 0 unspecified atom stereocenters. The van der Waals surface area contributed by atoms with Crippen LogP contribution in [0.5, 0.6) is 5.75 Å². The maximum absolute atomic E-state index is 11.8. The van der Waals surface area contributed by atoms with Crippen molar-refractivity contribution < 1.29 is 9.90 Å². The van der Waals surface area contributed by atoms with Crippen LogP contribution in [0.2, 0.25) is 0 Å². The average molecular weight is 248 g/mol. The second kappa shape index (κ2) is 5.05. The van der Waals surface area contributed by atoms with Crippen molar-refractivity contribution in [2.45, 2.75) is 5.16 Å². The number of carbonyl (C=O) groups is 1. The molecule has 1 heterocycles. The summed E-state index contributed by atoms with van der Waals surface area (Å²) in [5, 5.41) is 9.94. The molecule has 2 aromatic rings. The lowest BCUT2D eigenvalue weighted by Crippen LogP contribution is -2.03. The Bertz CT molecular complexity index is 520. The van der Waals surface area contributed by atoms with Gasteiger partial charge in [-0.05, 0) is 24.3 Å². The normalized spacial score (nSPS) is 10.4. The molecular weight excluding hydrogens is 236 g/mol. The number of carbonyl (C=O) groups excluding carboxylic acids is 1. The van der Waals surface area contributed by atoms with Crippen molar-refractivity contribution in [1.29, 1.82) is 0 Å². The minimum absolute atomic E-state index is 0.0259. The molecule has 4 nitrogen and oxygen atoms in total. The number of nitrogens with zero attached hydrogens (tertiary/aromatic N) is 2. The van der Waals surface area contributed by atoms with E-state index in [4.69, 9.17) is 5.11 Å². The molecule has 1 N–H and O–H groups in total. The van der Waals surface area contributed by atoms with Gasteiger partial charge in [-0.1, -0.05) is 11.8 Å². The standard InChI is InChI=1S/C12H12N2O2S/c1-14-7-6-13-12(14)17-8-11(16)9-2-4-10(15)5-3-9/h2-7,15H,8H2,1H3. The minimum atomic E-state index is 0.0259. The van der Waals surface area contributed by atoms with Gasteiger partial charge in [-0.3, -0.25) is 4.79 Å². The van der Waals surface area contributed by atoms with E-state index < -0.39 is 0 Å². The lowest BCUT2D eigenvalue weighted by Gasteiger charge is -2.02. The third-order valence-electron chi connectivity index (χ3n) is 2.30. The molecule has 0 amide bonds. The lowest BCUT2D eigenvalue weighted by atomic mass is 10.1. The van der Waals surface area contributed by atoms with E-state index in [9.17, 15) is 4.79 Å². The van der Waals surface area contributed by atoms with Crippen LogP contribution in [0, 0.1) is 0 Å². The second-order valence-electron chi connectivity index (χ2n) is 3.58. The fraction of sp³-hybridized carbons (Fsp3) is 0.167. The van der Waals surface area contributed by atoms with Gasteiger partial charge in [0, 0.05) is 25.0 Å². The van der Waals surface area contributed by atoms with Crippen LogP contribution in [0.25, 0.3) is 0 Å². The zero-order valence-corrected chi connectivity index (χ0v) is 10.1. The fourth-order valence-corrected chi connectivity index (χ4v) is 2.18. The number of aromatic hydroxyl groups is 1. The summed E-state index contributed by atoms with van der Waals surface area (Å²) in [6.45, 7) is 0. The van der Waals surface area contributed by atoms with Gasteiger partial charge in [0.2, 0.25) is 0 Å². The highest BCUT2D eigenvalue weighted by molar-refractivity contribution is 7.99. The minimum Gasteiger partial charge on any atom is -0.508 e. The molecule has 0 bridgehead atoms. The number of hydrogen-bond donors (Lipinski definition) is 1. The molecule has 5 heteroatoms. The highest BCUT2D eigenvalue weighted by atomic mass is 32.2. The highest BCUT2D eigenvalue weighted by Gasteiger charge is 2.08. The number of rotatable bonds is 4. The van der Waals surface area contributed by atoms with Crippen molar-refractivity contribution in [1.82, 2.24) is 9.55 Å². The van der Waals surface area contributed by atoms with E-state index in [1.54, 1.807) is 18.3 Å². The predicted molar refractivity (Wildman–Crippen MR) is 66.4 cm³/mol. The molecule has 0 aliphatic carbocycles. The Morgan fingerprint density at radius 3 is 2.71 bits per heavy atom. The number of benzene rings is 1. The molecule has 0 saturated heterocycles. The molecule has 0 saturated carbocycles. The van der Waals surface area contributed by atoms with Gasteiger partial charge in [0.05, 0.1) is 5.75 Å². The molecule has 0 atom stereocenters. The SMILES string of the molecule is Cn1ccnc1SCC(=O)c1ccc(O)cc1. The highest BCUT2D eigenvalue weighted by Crippen LogP contribution is 2.17. The summed E-state index contributed by atoms with van der Waals surface area (Å²) in [4.78, 5) is 16.0. The number of imidazole rings is 1. The Morgan fingerprint density at radius 2 is 2.12 bits per heavy atom. The first kappa shape index (κ1) is 11.7. The van der Waals surface area contributed by atoms with Crippen molar-refractivity contribution >= 4 is 17.5 Å². The third kappa shape index (κ3) is 2.88. The number of ketones is 1. The van der Waals surface area contributed by atoms with Crippen molar-refractivity contribution in [3.05, 3.63) is 42.2 Å². The molecule has 1 aromatic heterocycles. The van der Waals surface area contributed by atoms with E-state index in [0.717, 1.165) is 5.16 Å². The van der Waals surface area contributed by atoms with Gasteiger partial charge in [0.15, 0.2) is 10.9 Å². The van der Waals surface area contributed by atoms with E-state index in [-0.39, 0.29) is 11.5 Å². The van der Waals surface area contributed by atoms with Crippen LogP contribution in [0.4, 0.5) is 0 Å². The number of thioether (sulfide) groups is 1. The quantitative estimate of drug-likeness (QED) is 0.665. The molecule has 17 heavy (non-hydrogen) atoms. The maximum Gasteiger partial charge on any atom is 0.173 e. The van der Waals surface area contributed by atoms with Crippen LogP contribution in [0.1, 0.15) is 10.4 Å². The van der Waals surface area contributed by atoms with E-state index in [1.165, 1.54) is 23.9 Å². The first-order valence-electron chi connectivity index (χ1n) is 5.09. The Morgan fingerprint density at radius 1 is 1.41 bits per heavy atom. The van der Waals surface area contributed by atoms with Crippen molar-refractivity contribution in [2.24, 2.45) is 7.05 Å². The molecule has 88 valence electrons. The lowest BCUT2D eigenvalue weighted by molar-refractivity contribution is 0.102. The summed E-state index contributed by atoms with van der Waals surface area (Å²) in [5.74, 6) is 0.534. The molecule has 0 aliphatic heterocycles. The van der Waals surface area contributed by atoms with E-state index in [2.05, 4.69) is 4.98 Å². The molecule has 0 spiro atoms. The summed E-state index contributed by atoms with van der Waals surface area (Å²) in [6.07, 6.45) is 3.54. The number of hydrogen-bond acceptors (Lipinski definition) is 4. The van der Waals surface area contributed by atoms with Crippen LogP contribution in [-0.2, 0) is 7.05 Å². The first-order valence-corrected chi connectivity index (χ1v) is 6.08. The van der Waals surface area contributed by atoms with Gasteiger partial charge in [-0.15, -0.1) is 0 Å². The number of Topliss-reactive ketones (excluding diaryl/α,β-unsaturated/α-hetero) is 1. The number of phenolic OH excluding ortho intramolecular Hbond substituents is 1. The van der Waals surface area contributed by atoms with Crippen molar-refractivity contribution in [2.75, 3.05) is 5.75 Å². The average Bonchev–Trinajstić information content (AvgIpc) is 2.73. The van der Waals surface area contributed by atoms with Crippen molar-refractivity contribution in [3.63, 3.8) is 0 Å². The number of phenols is 1. The zero-order valence-electron chi connectivity index (χ0n) is 9.33. The summed E-state index contributed by atoms with van der Waals surface area (Å²) in [5.41, 5.74) is 0.601. The van der Waals surface area contributed by atoms with E-state index in [0.29, 0.717) is 11.3 Å². The monoisotopic (exact) mass is 248 g/mol. The molecule has 2 rings (SSSR count). The predicted octanol–water partition coefficient (Wildman–Crippen LogP) is 2.10. The second-order valence-corrected chi connectivity index (χ2v) is 4.52. The van der Waals surface area contributed by atoms with Crippen LogP contribution in [0.3, 0.4) is 0 Å². The third-order valence-corrected chi connectivity index (χ3v) is 3.36. The Balaban J connectivity index is 1.98. The molecule has 0 aliphatic rings. The number of aryl methyl sites for hydroxylation is 1. The van der Waals surface area contributed by atoms with Gasteiger partial charge in [-0.25, -0.2) is 4.98 Å². The van der Waals surface area contributed by atoms with Gasteiger partial charge in [0.25, 0.3) is 0 Å². The van der Waals surface area contributed by atoms with Crippen LogP contribution < -0.4 is 0 Å².